The van der Waals surface area contributed by atoms with E-state index in [1.54, 1.807) is 43.3 Å². The Morgan fingerprint density at radius 2 is 1.10 bits per heavy atom. The first-order chi connectivity index (χ1) is 28.4. The Hall–Kier alpha value is -6.42. The largest absolute Gasteiger partial charge is 0.459 e. The van der Waals surface area contributed by atoms with Gasteiger partial charge in [-0.2, -0.15) is 0 Å². The van der Waals surface area contributed by atoms with E-state index in [0.717, 1.165) is 27.7 Å². The van der Waals surface area contributed by atoms with Crippen LogP contribution in [0.1, 0.15) is 77.4 Å². The van der Waals surface area contributed by atoms with E-state index in [-0.39, 0.29) is 24.9 Å². The van der Waals surface area contributed by atoms with Gasteiger partial charge in [-0.3, -0.25) is 9.59 Å². The number of benzene rings is 3. The van der Waals surface area contributed by atoms with Gasteiger partial charge in [0.1, 0.15) is 62.5 Å². The fraction of sp³-hybridized carbons (Fsp3) is 0.333. The minimum absolute atomic E-state index is 0.0485. The van der Waals surface area contributed by atoms with Gasteiger partial charge >= 0.3 is 11.9 Å². The third-order valence-electron chi connectivity index (χ3n) is 9.72. The first-order valence-corrected chi connectivity index (χ1v) is 18.3. The number of nitrogens with two attached hydrogens (primary N) is 2. The van der Waals surface area contributed by atoms with E-state index in [4.69, 9.17) is 39.9 Å². The Bertz CT molecular complexity index is 2300. The summed E-state index contributed by atoms with van der Waals surface area (Å²) in [6.07, 6.45) is -5.31. The molecule has 3 aromatic carbocycles. The second kappa shape index (κ2) is 17.6. The Morgan fingerprint density at radius 1 is 0.627 bits per heavy atom. The molecular weight excluding hydrogens is 772 g/mol. The molecule has 308 valence electrons. The van der Waals surface area contributed by atoms with Crippen LogP contribution in [0.3, 0.4) is 0 Å². The van der Waals surface area contributed by atoms with Gasteiger partial charge in [-0.15, -0.1) is 10.2 Å². The van der Waals surface area contributed by atoms with E-state index in [1.165, 1.54) is 11.0 Å². The molecule has 3 saturated heterocycles. The fourth-order valence-corrected chi connectivity index (χ4v) is 6.63. The molecule has 5 heterocycles. The van der Waals surface area contributed by atoms with E-state index in [0.29, 0.717) is 11.1 Å². The van der Waals surface area contributed by atoms with Gasteiger partial charge in [-0.1, -0.05) is 66.7 Å². The third kappa shape index (κ3) is 8.87. The number of hydrogen-bond acceptors (Lipinski definition) is 16. The summed E-state index contributed by atoms with van der Waals surface area (Å²) < 4.78 is 37.1. The van der Waals surface area contributed by atoms with Gasteiger partial charge in [0.2, 0.25) is 11.6 Å². The number of nitrogens with zero attached hydrogens (tertiary/aromatic N) is 6. The summed E-state index contributed by atoms with van der Waals surface area (Å²) in [7, 11) is 0. The molecule has 6 N–H and O–H groups in total. The maximum Gasteiger partial charge on any atom is 0.338 e. The van der Waals surface area contributed by atoms with Gasteiger partial charge in [0, 0.05) is 5.56 Å². The average Bonchev–Trinajstić information content (AvgIpc) is 4.08. The number of carbonyl (C=O) groups excluding carboxylic acids is 4. The number of hydrogen-bond donors (Lipinski definition) is 4. The average molecular weight is 813 g/mol. The predicted molar refractivity (Wildman–Crippen MR) is 199 cm³/mol. The van der Waals surface area contributed by atoms with Gasteiger partial charge in [0.15, 0.2) is 18.7 Å². The van der Waals surface area contributed by atoms with Crippen LogP contribution in [0.25, 0.3) is 0 Å². The van der Waals surface area contributed by atoms with Gasteiger partial charge < -0.3 is 50.1 Å². The van der Waals surface area contributed by atoms with Crippen LogP contribution in [0.5, 0.6) is 0 Å². The van der Waals surface area contributed by atoms with Gasteiger partial charge in [-0.05, 0) is 37.1 Å². The first kappa shape index (κ1) is 40.8. The van der Waals surface area contributed by atoms with Gasteiger partial charge in [0.05, 0.1) is 11.1 Å². The summed E-state index contributed by atoms with van der Waals surface area (Å²) in [6.45, 7) is 3.30. The summed E-state index contributed by atoms with van der Waals surface area (Å²) >= 11 is 0. The molecule has 8 rings (SSSR count). The number of aromatic nitrogens is 6. The van der Waals surface area contributed by atoms with Crippen LogP contribution >= 0.6 is 0 Å². The molecular formula is C39H40N8O12. The SMILES string of the molecule is Cc1ccccc1C(=O)OC[C@H]1O[C@@H](n2cnc(C(N)=O)n2)[C@@H]2OC(c3ccccc3)OC21.Cc1ccccc1C(=O)OC[C@H]1O[C@@H](n2cnc(C(N)=O)n2)[C@H](O)C1O. The molecule has 20 heteroatoms. The maximum atomic E-state index is 12.6. The zero-order valence-electron chi connectivity index (χ0n) is 31.6. The fourth-order valence-electron chi connectivity index (χ4n) is 6.63. The Morgan fingerprint density at radius 3 is 1.63 bits per heavy atom. The number of fused-ring (bicyclic) bond motifs is 1. The van der Waals surface area contributed by atoms with Crippen molar-refractivity contribution < 1.29 is 57.8 Å². The monoisotopic (exact) mass is 812 g/mol. The quantitative estimate of drug-likeness (QED) is 0.136. The molecule has 9 atom stereocenters. The van der Waals surface area contributed by atoms with Crippen molar-refractivity contribution in [3.8, 4) is 0 Å². The molecule has 3 aliphatic rings. The molecule has 0 saturated carbocycles. The highest BCUT2D eigenvalue weighted by molar-refractivity contribution is 5.91. The number of ether oxygens (including phenoxy) is 6. The normalized spacial score (nSPS) is 25.7. The van der Waals surface area contributed by atoms with Crippen molar-refractivity contribution in [3.63, 3.8) is 0 Å². The van der Waals surface area contributed by atoms with E-state index in [1.807, 2.05) is 49.4 Å². The summed E-state index contributed by atoms with van der Waals surface area (Å²) in [5.41, 5.74) is 13.7. The molecule has 59 heavy (non-hydrogen) atoms. The number of esters is 2. The summed E-state index contributed by atoms with van der Waals surface area (Å²) in [5.74, 6) is -2.98. The number of primary amides is 2. The Labute approximate surface area is 335 Å². The highest BCUT2D eigenvalue weighted by atomic mass is 16.8. The Balaban J connectivity index is 0.000000185. The minimum Gasteiger partial charge on any atom is -0.459 e. The van der Waals surface area contributed by atoms with Crippen molar-refractivity contribution in [2.45, 2.75) is 69.2 Å². The predicted octanol–water partition coefficient (Wildman–Crippen LogP) is 1.08. The number of aryl methyl sites for hydroxylation is 2. The Kier molecular flexibility index (Phi) is 12.2. The van der Waals surface area contributed by atoms with Crippen LogP contribution in [0.15, 0.2) is 91.5 Å². The zero-order valence-corrected chi connectivity index (χ0v) is 31.6. The van der Waals surface area contributed by atoms with E-state index < -0.39 is 79.1 Å². The van der Waals surface area contributed by atoms with Crippen LogP contribution in [0, 0.1) is 13.8 Å². The standard InChI is InChI=1S/C23H22N4O6.C16H18N4O6/c1-13-7-5-6-10-15(13)22(29)30-11-16-17-18(33-23(32-17)14-8-3-2-4-9-14)21(31-16)27-12-25-20(26-27)19(24)28;1-8-4-2-3-5-9(8)16(24)25-6-10-11(21)12(22)15(26-10)20-7-18-14(19-20)13(17)23/h2-10,12,16-18,21,23H,11H2,1H3,(H2,24,28);2-5,7,10-12,15,21-22H,6H2,1H3,(H2,17,23)/t16-,17?,18-,21-,23?;10-,11?,12-,15-/m11/s1. The highest BCUT2D eigenvalue weighted by Gasteiger charge is 2.54. The molecule has 5 aromatic rings. The number of amides is 2. The minimum atomic E-state index is -1.35. The molecule has 3 unspecified atom stereocenters. The van der Waals surface area contributed by atoms with Crippen LogP contribution in [0.4, 0.5) is 0 Å². The number of aliphatic hydroxyl groups excluding tert-OH is 2. The molecule has 0 bridgehead atoms. The molecule has 2 amide bonds. The van der Waals surface area contributed by atoms with Crippen molar-refractivity contribution in [1.29, 1.82) is 0 Å². The summed E-state index contributed by atoms with van der Waals surface area (Å²) in [4.78, 5) is 54.8. The lowest BCUT2D eigenvalue weighted by atomic mass is 10.1. The van der Waals surface area contributed by atoms with Crippen molar-refractivity contribution in [2.24, 2.45) is 11.5 Å². The zero-order chi connectivity index (χ0) is 41.8. The molecule has 3 aliphatic heterocycles. The van der Waals surface area contributed by atoms with Crippen molar-refractivity contribution in [2.75, 3.05) is 13.2 Å². The van der Waals surface area contributed by atoms with Crippen molar-refractivity contribution in [1.82, 2.24) is 29.5 Å². The molecule has 20 nitrogen and oxygen atoms in total. The smallest absolute Gasteiger partial charge is 0.338 e. The lowest BCUT2D eigenvalue weighted by Gasteiger charge is -2.20. The number of carbonyl (C=O) groups is 4. The van der Waals surface area contributed by atoms with Crippen LogP contribution < -0.4 is 11.5 Å². The highest BCUT2D eigenvalue weighted by Crippen LogP contribution is 2.44. The molecule has 0 aliphatic carbocycles. The topological polar surface area (TPSA) is 278 Å². The first-order valence-electron chi connectivity index (χ1n) is 18.3. The second-order valence-corrected chi connectivity index (χ2v) is 13.7. The van der Waals surface area contributed by atoms with Crippen LogP contribution in [0.2, 0.25) is 0 Å². The molecule has 3 fully saturated rings. The number of aliphatic hydroxyl groups is 2. The van der Waals surface area contributed by atoms with E-state index in [2.05, 4.69) is 20.2 Å². The lowest BCUT2D eigenvalue weighted by molar-refractivity contribution is -0.156. The summed E-state index contributed by atoms with van der Waals surface area (Å²) in [5, 5.41) is 28.2. The lowest BCUT2D eigenvalue weighted by Crippen LogP contribution is -2.34. The number of rotatable bonds is 11. The molecule has 2 aromatic heterocycles. The van der Waals surface area contributed by atoms with E-state index >= 15 is 0 Å². The van der Waals surface area contributed by atoms with Crippen LogP contribution in [-0.4, -0.2) is 113 Å². The van der Waals surface area contributed by atoms with Crippen molar-refractivity contribution in [3.05, 3.63) is 131 Å². The third-order valence-corrected chi connectivity index (χ3v) is 9.72. The van der Waals surface area contributed by atoms with Gasteiger partial charge in [-0.25, -0.2) is 28.9 Å². The maximum absolute atomic E-state index is 12.6. The van der Waals surface area contributed by atoms with Crippen molar-refractivity contribution >= 4 is 23.8 Å². The van der Waals surface area contributed by atoms with Crippen LogP contribution in [-0.2, 0) is 28.4 Å². The second-order valence-electron chi connectivity index (χ2n) is 13.7. The van der Waals surface area contributed by atoms with E-state index in [9.17, 15) is 29.4 Å². The summed E-state index contributed by atoms with van der Waals surface area (Å²) in [6, 6.07) is 23.6. The van der Waals surface area contributed by atoms with Gasteiger partial charge in [0.25, 0.3) is 11.8 Å². The molecule has 0 spiro atoms. The molecule has 0 radical (unpaired) electrons.